The number of halogens is 4. The van der Waals surface area contributed by atoms with Crippen LogP contribution in [0.1, 0.15) is 12.5 Å². The van der Waals surface area contributed by atoms with Crippen LogP contribution in [0.5, 0.6) is 0 Å². The molecule has 0 amide bonds. The van der Waals surface area contributed by atoms with Gasteiger partial charge in [0.15, 0.2) is 5.60 Å². The second-order valence-corrected chi connectivity index (χ2v) is 5.45. The molecule has 3 nitrogen and oxygen atoms in total. The van der Waals surface area contributed by atoms with Crippen LogP contribution < -0.4 is 0 Å². The van der Waals surface area contributed by atoms with Gasteiger partial charge in [-0.1, -0.05) is 0 Å². The third-order valence-electron chi connectivity index (χ3n) is 3.08. The van der Waals surface area contributed by atoms with Crippen molar-refractivity contribution < 1.29 is 17.9 Å². The number of ether oxygens (including phenoxy) is 1. The molecular formula is C12H12BrF3N2O. The summed E-state index contributed by atoms with van der Waals surface area (Å²) in [5, 5.41) is 0. The molecule has 0 spiro atoms. The number of hydrogen-bond donors (Lipinski definition) is 0. The van der Waals surface area contributed by atoms with Gasteiger partial charge in [0.05, 0.1) is 12.8 Å². The van der Waals surface area contributed by atoms with Crippen molar-refractivity contribution in [3.05, 3.63) is 28.2 Å². The number of pyridine rings is 1. The van der Waals surface area contributed by atoms with Crippen molar-refractivity contribution in [1.29, 1.82) is 0 Å². The van der Waals surface area contributed by atoms with Crippen molar-refractivity contribution in [2.24, 2.45) is 4.99 Å². The molecule has 0 radical (unpaired) electrons. The molecule has 19 heavy (non-hydrogen) atoms. The van der Waals surface area contributed by atoms with E-state index in [9.17, 15) is 13.2 Å². The second kappa shape index (κ2) is 5.20. The van der Waals surface area contributed by atoms with E-state index in [1.165, 1.54) is 6.07 Å². The number of alkyl halides is 2. The monoisotopic (exact) mass is 336 g/mol. The van der Waals surface area contributed by atoms with E-state index in [4.69, 9.17) is 4.74 Å². The first-order valence-electron chi connectivity index (χ1n) is 5.58. The highest BCUT2D eigenvalue weighted by Gasteiger charge is 2.41. The summed E-state index contributed by atoms with van der Waals surface area (Å²) in [5.74, 6) is -0.542. The molecule has 0 N–H and O–H groups in total. The average molecular weight is 337 g/mol. The van der Waals surface area contributed by atoms with Gasteiger partial charge in [-0.3, -0.25) is 4.99 Å². The minimum absolute atomic E-state index is 0.106. The number of nitrogens with zero attached hydrogens (tertiary/aromatic N) is 2. The maximum absolute atomic E-state index is 13.8. The summed E-state index contributed by atoms with van der Waals surface area (Å²) in [4.78, 5) is 7.87. The molecule has 1 aromatic heterocycles. The van der Waals surface area contributed by atoms with Crippen LogP contribution in [0.2, 0.25) is 0 Å². The van der Waals surface area contributed by atoms with E-state index >= 15 is 0 Å². The lowest BCUT2D eigenvalue weighted by atomic mass is 9.91. The van der Waals surface area contributed by atoms with E-state index < -0.39 is 30.3 Å². The van der Waals surface area contributed by atoms with Crippen LogP contribution in [-0.4, -0.2) is 36.8 Å². The summed E-state index contributed by atoms with van der Waals surface area (Å²) in [6.45, 7) is -0.489. The van der Waals surface area contributed by atoms with Gasteiger partial charge in [0.1, 0.15) is 29.3 Å². The summed E-state index contributed by atoms with van der Waals surface area (Å²) in [7, 11) is 0. The number of rotatable bonds is 3. The largest absolute Gasteiger partial charge is 0.361 e. The highest BCUT2D eigenvalue weighted by molar-refractivity contribution is 9.10. The van der Waals surface area contributed by atoms with Crippen molar-refractivity contribution in [2.45, 2.75) is 18.1 Å². The number of hydrogen-bond acceptors (Lipinski definition) is 3. The van der Waals surface area contributed by atoms with Gasteiger partial charge < -0.3 is 4.74 Å². The summed E-state index contributed by atoms with van der Waals surface area (Å²) in [5.41, 5.74) is -2.40. The van der Waals surface area contributed by atoms with E-state index in [0.29, 0.717) is 4.60 Å². The predicted molar refractivity (Wildman–Crippen MR) is 68.4 cm³/mol. The van der Waals surface area contributed by atoms with Crippen molar-refractivity contribution in [2.75, 3.05) is 20.0 Å². The molecule has 1 aliphatic heterocycles. The van der Waals surface area contributed by atoms with E-state index in [-0.39, 0.29) is 12.2 Å². The Morgan fingerprint density at radius 3 is 2.63 bits per heavy atom. The molecule has 104 valence electrons. The van der Waals surface area contributed by atoms with Crippen LogP contribution in [0.25, 0.3) is 0 Å². The normalized spacial score (nSPS) is 25.5. The van der Waals surface area contributed by atoms with Crippen molar-refractivity contribution in [3.63, 3.8) is 0 Å². The van der Waals surface area contributed by atoms with Crippen LogP contribution in [0.15, 0.2) is 21.9 Å². The lowest BCUT2D eigenvalue weighted by Gasteiger charge is -2.36. The Hall–Kier alpha value is -0.950. The zero-order chi connectivity index (χ0) is 14.1. The quantitative estimate of drug-likeness (QED) is 0.795. The zero-order valence-corrected chi connectivity index (χ0v) is 11.8. The minimum atomic E-state index is -1.64. The lowest BCUT2D eigenvalue weighted by molar-refractivity contribution is -0.0525. The Morgan fingerprint density at radius 1 is 1.42 bits per heavy atom. The molecule has 1 unspecified atom stereocenters. The minimum Gasteiger partial charge on any atom is -0.361 e. The van der Waals surface area contributed by atoms with Crippen LogP contribution in [0.4, 0.5) is 13.2 Å². The van der Waals surface area contributed by atoms with E-state index in [1.807, 2.05) is 0 Å². The van der Waals surface area contributed by atoms with Gasteiger partial charge >= 0.3 is 0 Å². The third-order valence-corrected chi connectivity index (χ3v) is 3.51. The molecule has 2 rings (SSSR count). The predicted octanol–water partition coefficient (Wildman–Crippen LogP) is 2.98. The Morgan fingerprint density at radius 2 is 2.11 bits per heavy atom. The molecule has 1 atom stereocenters. The number of aromatic nitrogens is 1. The van der Waals surface area contributed by atoms with Gasteiger partial charge in [0, 0.05) is 11.8 Å². The van der Waals surface area contributed by atoms with Crippen molar-refractivity contribution >= 4 is 22.1 Å². The summed E-state index contributed by atoms with van der Waals surface area (Å²) >= 11 is 3.15. The van der Waals surface area contributed by atoms with Gasteiger partial charge in [-0.05, 0) is 28.9 Å². The Labute approximate surface area is 117 Å². The van der Waals surface area contributed by atoms with Gasteiger partial charge in [0.2, 0.25) is 0 Å². The Balaban J connectivity index is 2.38. The average Bonchev–Trinajstić information content (AvgIpc) is 2.43. The molecule has 0 bridgehead atoms. The smallest absolute Gasteiger partial charge is 0.159 e. The fourth-order valence-electron chi connectivity index (χ4n) is 1.77. The first kappa shape index (κ1) is 14.5. The molecule has 0 saturated carbocycles. The van der Waals surface area contributed by atoms with E-state index in [1.54, 1.807) is 6.92 Å². The fraction of sp³-hybridized carbons (Fsp3) is 0.500. The molecule has 1 aliphatic rings. The van der Waals surface area contributed by atoms with Gasteiger partial charge in [-0.15, -0.1) is 0 Å². The van der Waals surface area contributed by atoms with Crippen LogP contribution in [-0.2, 0) is 10.3 Å². The molecule has 7 heteroatoms. The third kappa shape index (κ3) is 2.67. The van der Waals surface area contributed by atoms with Gasteiger partial charge in [-0.2, -0.15) is 0 Å². The summed E-state index contributed by atoms with van der Waals surface area (Å²) in [6, 6.07) is 1.48. The van der Waals surface area contributed by atoms with Crippen LogP contribution in [0, 0.1) is 5.82 Å². The molecule has 0 aromatic carbocycles. The van der Waals surface area contributed by atoms with E-state index in [2.05, 4.69) is 25.9 Å². The SMILES string of the molecule is CC1(c2cc(Br)ncc2F)COC(CF)(CF)C=N1. The second-order valence-electron chi connectivity index (χ2n) is 4.64. The van der Waals surface area contributed by atoms with Crippen LogP contribution >= 0.6 is 15.9 Å². The standard InChI is InChI=1S/C12H12BrF3N2O/c1-11(8-2-10(13)17-3-9(8)16)7-19-12(4-14,5-15)6-18-11/h2-3,6H,4-5,7H2,1H3. The molecular weight excluding hydrogens is 325 g/mol. The molecule has 1 aromatic rings. The molecule has 2 heterocycles. The van der Waals surface area contributed by atoms with Gasteiger partial charge in [-0.25, -0.2) is 18.2 Å². The first-order chi connectivity index (χ1) is 8.95. The Bertz CT molecular complexity index is 508. The zero-order valence-electron chi connectivity index (χ0n) is 10.2. The summed E-state index contributed by atoms with van der Waals surface area (Å²) < 4.78 is 45.0. The highest BCUT2D eigenvalue weighted by atomic mass is 79.9. The summed E-state index contributed by atoms with van der Waals surface area (Å²) in [6.07, 6.45) is 2.15. The molecule has 0 saturated heterocycles. The fourth-order valence-corrected chi connectivity index (χ4v) is 2.11. The topological polar surface area (TPSA) is 34.5 Å². The maximum Gasteiger partial charge on any atom is 0.159 e. The molecule has 0 fully saturated rings. The maximum atomic E-state index is 13.8. The van der Waals surface area contributed by atoms with Gasteiger partial charge in [0.25, 0.3) is 0 Å². The number of aliphatic imine (C=N–C) groups is 1. The Kier molecular flexibility index (Phi) is 3.96. The van der Waals surface area contributed by atoms with Crippen LogP contribution in [0.3, 0.4) is 0 Å². The molecule has 0 aliphatic carbocycles. The first-order valence-corrected chi connectivity index (χ1v) is 6.38. The highest BCUT2D eigenvalue weighted by Crippen LogP contribution is 2.34. The lowest BCUT2D eigenvalue weighted by Crippen LogP contribution is -2.48. The van der Waals surface area contributed by atoms with Crippen molar-refractivity contribution in [1.82, 2.24) is 4.98 Å². The van der Waals surface area contributed by atoms with E-state index in [0.717, 1.165) is 12.4 Å². The van der Waals surface area contributed by atoms with Crippen molar-refractivity contribution in [3.8, 4) is 0 Å².